The van der Waals surface area contributed by atoms with Gasteiger partial charge in [0.25, 0.3) is 0 Å². The molecular weight excluding hydrogens is 266 g/mol. The topological polar surface area (TPSA) is 54.3 Å². The van der Waals surface area contributed by atoms with Crippen molar-refractivity contribution in [2.45, 2.75) is 32.4 Å². The molecule has 0 bridgehead atoms. The van der Waals surface area contributed by atoms with Crippen LogP contribution in [0.25, 0.3) is 0 Å². The van der Waals surface area contributed by atoms with Crippen molar-refractivity contribution in [3.8, 4) is 0 Å². The third-order valence-electron chi connectivity index (χ3n) is 4.46. The van der Waals surface area contributed by atoms with E-state index in [1.165, 1.54) is 0 Å². The van der Waals surface area contributed by atoms with E-state index in [0.717, 1.165) is 58.2 Å². The number of aliphatic imine (C=N–C) groups is 1. The zero-order valence-electron chi connectivity index (χ0n) is 13.8. The maximum Gasteiger partial charge on any atom is 0.194 e. The number of nitrogens with one attached hydrogen (secondary N) is 1. The van der Waals surface area contributed by atoms with E-state index >= 15 is 0 Å². The summed E-state index contributed by atoms with van der Waals surface area (Å²) >= 11 is 0. The van der Waals surface area contributed by atoms with E-state index in [1.807, 2.05) is 0 Å². The van der Waals surface area contributed by atoms with Crippen molar-refractivity contribution in [1.29, 1.82) is 0 Å². The highest BCUT2D eigenvalue weighted by atomic mass is 16.3. The Morgan fingerprint density at radius 1 is 1.29 bits per heavy atom. The molecule has 0 saturated carbocycles. The molecule has 0 radical (unpaired) electrons. The van der Waals surface area contributed by atoms with Gasteiger partial charge in [-0.3, -0.25) is 9.89 Å². The van der Waals surface area contributed by atoms with E-state index in [1.54, 1.807) is 0 Å². The minimum atomic E-state index is -0.205. The van der Waals surface area contributed by atoms with Crippen LogP contribution in [0, 0.1) is 0 Å². The Kier molecular flexibility index (Phi) is 6.26. The van der Waals surface area contributed by atoms with Gasteiger partial charge in [0.1, 0.15) is 0 Å². The molecule has 6 nitrogen and oxygen atoms in total. The molecule has 2 fully saturated rings. The van der Waals surface area contributed by atoms with Crippen LogP contribution in [0.4, 0.5) is 0 Å². The largest absolute Gasteiger partial charge is 0.391 e. The minimum Gasteiger partial charge on any atom is -0.391 e. The van der Waals surface area contributed by atoms with E-state index in [-0.39, 0.29) is 6.10 Å². The van der Waals surface area contributed by atoms with Crippen LogP contribution in [0.1, 0.15) is 20.3 Å². The van der Waals surface area contributed by atoms with Gasteiger partial charge in [0.15, 0.2) is 5.96 Å². The predicted octanol–water partition coefficient (Wildman–Crippen LogP) is -0.346. The quantitative estimate of drug-likeness (QED) is 0.549. The fourth-order valence-corrected chi connectivity index (χ4v) is 2.96. The number of nitrogens with zero attached hydrogens (tertiary/aromatic N) is 4. The molecule has 122 valence electrons. The Labute approximate surface area is 128 Å². The van der Waals surface area contributed by atoms with Crippen LogP contribution >= 0.6 is 0 Å². The molecule has 2 aliphatic heterocycles. The van der Waals surface area contributed by atoms with Crippen molar-refractivity contribution in [1.82, 2.24) is 20.0 Å². The first-order chi connectivity index (χ1) is 10.1. The lowest BCUT2D eigenvalue weighted by atomic mass is 10.2. The summed E-state index contributed by atoms with van der Waals surface area (Å²) < 4.78 is 0. The van der Waals surface area contributed by atoms with Gasteiger partial charge in [0, 0.05) is 51.9 Å². The lowest BCUT2D eigenvalue weighted by Crippen LogP contribution is -2.49. The number of hydrogen-bond acceptors (Lipinski definition) is 4. The molecule has 0 spiro atoms. The molecule has 0 aliphatic carbocycles. The van der Waals surface area contributed by atoms with E-state index in [0.29, 0.717) is 12.6 Å². The van der Waals surface area contributed by atoms with Gasteiger partial charge in [0.2, 0.25) is 0 Å². The molecule has 0 aromatic carbocycles. The van der Waals surface area contributed by atoms with Crippen molar-refractivity contribution in [2.24, 2.45) is 4.99 Å². The first-order valence-corrected chi connectivity index (χ1v) is 8.24. The Morgan fingerprint density at radius 3 is 2.57 bits per heavy atom. The SMILES string of the molecule is CCNC(=NCC(C)N1CCN(C)CC1)N1CC[C@@H](O)C1. The summed E-state index contributed by atoms with van der Waals surface area (Å²) in [4.78, 5) is 11.9. The highest BCUT2D eigenvalue weighted by molar-refractivity contribution is 5.80. The van der Waals surface area contributed by atoms with Crippen LogP contribution in [-0.2, 0) is 0 Å². The van der Waals surface area contributed by atoms with Crippen LogP contribution in [0.15, 0.2) is 4.99 Å². The van der Waals surface area contributed by atoms with Gasteiger partial charge >= 0.3 is 0 Å². The summed E-state index contributed by atoms with van der Waals surface area (Å²) in [5.41, 5.74) is 0. The van der Waals surface area contributed by atoms with Crippen LogP contribution in [0.3, 0.4) is 0 Å². The van der Waals surface area contributed by atoms with Gasteiger partial charge in [0.05, 0.1) is 12.6 Å². The van der Waals surface area contributed by atoms with E-state index in [4.69, 9.17) is 4.99 Å². The van der Waals surface area contributed by atoms with Crippen LogP contribution in [0.5, 0.6) is 0 Å². The first-order valence-electron chi connectivity index (χ1n) is 8.24. The predicted molar refractivity (Wildman–Crippen MR) is 86.7 cm³/mol. The van der Waals surface area contributed by atoms with Crippen molar-refractivity contribution >= 4 is 5.96 Å². The normalized spacial score (nSPS) is 27.1. The van der Waals surface area contributed by atoms with Crippen LogP contribution < -0.4 is 5.32 Å². The lowest BCUT2D eigenvalue weighted by Gasteiger charge is -2.36. The number of β-amino-alcohol motifs (C(OH)–C–C–N with tert-alkyl or cyclic N) is 1. The highest BCUT2D eigenvalue weighted by Crippen LogP contribution is 2.10. The van der Waals surface area contributed by atoms with Gasteiger partial charge in [-0.25, -0.2) is 0 Å². The van der Waals surface area contributed by atoms with Crippen molar-refractivity contribution in [2.75, 3.05) is 59.4 Å². The molecule has 0 amide bonds. The summed E-state index contributed by atoms with van der Waals surface area (Å²) in [6.07, 6.45) is 0.641. The minimum absolute atomic E-state index is 0.205. The summed E-state index contributed by atoms with van der Waals surface area (Å²) in [7, 11) is 2.18. The van der Waals surface area contributed by atoms with Gasteiger partial charge in [-0.15, -0.1) is 0 Å². The van der Waals surface area contributed by atoms with E-state index in [9.17, 15) is 5.11 Å². The third kappa shape index (κ3) is 4.83. The standard InChI is InChI=1S/C15H31N5O/c1-4-16-15(20-6-5-14(21)12-20)17-11-13(2)19-9-7-18(3)8-10-19/h13-14,21H,4-12H2,1-3H3,(H,16,17)/t13?,14-/m1/s1. The molecule has 2 heterocycles. The lowest BCUT2D eigenvalue weighted by molar-refractivity contribution is 0.122. The second-order valence-corrected chi connectivity index (χ2v) is 6.27. The molecule has 2 aliphatic rings. The average molecular weight is 297 g/mol. The molecular formula is C15H31N5O. The van der Waals surface area contributed by atoms with Crippen molar-refractivity contribution in [3.05, 3.63) is 0 Å². The first kappa shape index (κ1) is 16.5. The zero-order valence-corrected chi connectivity index (χ0v) is 13.8. The molecule has 21 heavy (non-hydrogen) atoms. The maximum atomic E-state index is 9.69. The molecule has 2 rings (SSSR count). The monoisotopic (exact) mass is 297 g/mol. The fraction of sp³-hybridized carbons (Fsp3) is 0.933. The van der Waals surface area contributed by atoms with Crippen molar-refractivity contribution in [3.63, 3.8) is 0 Å². The molecule has 2 saturated heterocycles. The average Bonchev–Trinajstić information content (AvgIpc) is 2.90. The highest BCUT2D eigenvalue weighted by Gasteiger charge is 2.23. The number of likely N-dealkylation sites (tertiary alicyclic amines) is 1. The molecule has 0 aromatic rings. The van der Waals surface area contributed by atoms with Gasteiger partial charge in [-0.2, -0.15) is 0 Å². The number of aliphatic hydroxyl groups excluding tert-OH is 1. The fourth-order valence-electron chi connectivity index (χ4n) is 2.96. The summed E-state index contributed by atoms with van der Waals surface area (Å²) in [6, 6.07) is 0.472. The smallest absolute Gasteiger partial charge is 0.194 e. The number of likely N-dealkylation sites (N-methyl/N-ethyl adjacent to an activating group) is 1. The Morgan fingerprint density at radius 2 is 2.00 bits per heavy atom. The van der Waals surface area contributed by atoms with Gasteiger partial charge in [-0.05, 0) is 27.3 Å². The molecule has 1 unspecified atom stereocenters. The number of guanidine groups is 1. The number of hydrogen-bond donors (Lipinski definition) is 2. The summed E-state index contributed by atoms with van der Waals surface area (Å²) in [5, 5.41) is 13.0. The maximum absolute atomic E-state index is 9.69. The molecule has 2 atom stereocenters. The Balaban J connectivity index is 1.86. The van der Waals surface area contributed by atoms with E-state index < -0.39 is 0 Å². The Bertz CT molecular complexity index is 341. The summed E-state index contributed by atoms with van der Waals surface area (Å²) in [6.45, 7) is 12.2. The molecule has 0 aromatic heterocycles. The van der Waals surface area contributed by atoms with Crippen LogP contribution in [0.2, 0.25) is 0 Å². The third-order valence-corrected chi connectivity index (χ3v) is 4.46. The number of piperazine rings is 1. The second kappa shape index (κ2) is 7.96. The molecule has 2 N–H and O–H groups in total. The number of aliphatic hydroxyl groups is 1. The van der Waals surface area contributed by atoms with Gasteiger partial charge < -0.3 is 20.2 Å². The van der Waals surface area contributed by atoms with Crippen molar-refractivity contribution < 1.29 is 5.11 Å². The Hall–Kier alpha value is -0.850. The summed E-state index contributed by atoms with van der Waals surface area (Å²) in [5.74, 6) is 0.954. The van der Waals surface area contributed by atoms with E-state index in [2.05, 4.69) is 40.9 Å². The molecule has 6 heteroatoms. The van der Waals surface area contributed by atoms with Gasteiger partial charge in [-0.1, -0.05) is 0 Å². The zero-order chi connectivity index (χ0) is 15.2. The van der Waals surface area contributed by atoms with Crippen LogP contribution in [-0.4, -0.2) is 97.3 Å². The number of rotatable bonds is 4. The second-order valence-electron chi connectivity index (χ2n) is 6.27.